The molecule has 2 N–H and O–H groups in total. The van der Waals surface area contributed by atoms with Crippen molar-refractivity contribution in [3.8, 4) is 5.75 Å². The maximum absolute atomic E-state index is 11.8. The molecule has 20 heavy (non-hydrogen) atoms. The SMILES string of the molecule is CNCC(C)C(=O)Nc1ccc(OCC2CC2)cc1.Cl. The minimum Gasteiger partial charge on any atom is -0.493 e. The van der Waals surface area contributed by atoms with E-state index in [0.29, 0.717) is 6.54 Å². The Labute approximate surface area is 126 Å². The van der Waals surface area contributed by atoms with E-state index in [1.807, 2.05) is 38.2 Å². The van der Waals surface area contributed by atoms with Crippen LogP contribution in [0.4, 0.5) is 5.69 Å². The van der Waals surface area contributed by atoms with Crippen LogP contribution < -0.4 is 15.4 Å². The Hall–Kier alpha value is -1.26. The summed E-state index contributed by atoms with van der Waals surface area (Å²) in [4.78, 5) is 11.8. The molecule has 1 aliphatic carbocycles. The number of amides is 1. The van der Waals surface area contributed by atoms with Gasteiger partial charge in [-0.05, 0) is 50.1 Å². The van der Waals surface area contributed by atoms with Gasteiger partial charge in [-0.25, -0.2) is 0 Å². The molecule has 0 aromatic heterocycles. The highest BCUT2D eigenvalue weighted by atomic mass is 35.5. The summed E-state index contributed by atoms with van der Waals surface area (Å²) < 4.78 is 5.65. The predicted molar refractivity (Wildman–Crippen MR) is 83.6 cm³/mol. The Morgan fingerprint density at radius 3 is 2.55 bits per heavy atom. The Kier molecular flexibility index (Phi) is 6.82. The maximum atomic E-state index is 11.8. The fourth-order valence-electron chi connectivity index (χ4n) is 1.80. The predicted octanol–water partition coefficient (Wildman–Crippen LogP) is 2.69. The molecule has 1 amide bonds. The third-order valence-electron chi connectivity index (χ3n) is 3.26. The first-order valence-electron chi connectivity index (χ1n) is 6.87. The van der Waals surface area contributed by atoms with Gasteiger partial charge in [-0.15, -0.1) is 12.4 Å². The zero-order chi connectivity index (χ0) is 13.7. The minimum absolute atomic E-state index is 0. The molecule has 1 aromatic carbocycles. The second-order valence-corrected chi connectivity index (χ2v) is 5.23. The molecular weight excluding hydrogens is 276 g/mol. The van der Waals surface area contributed by atoms with Crippen molar-refractivity contribution in [2.45, 2.75) is 19.8 Å². The Morgan fingerprint density at radius 2 is 2.00 bits per heavy atom. The summed E-state index contributed by atoms with van der Waals surface area (Å²) in [5, 5.41) is 5.89. The number of carbonyl (C=O) groups is 1. The van der Waals surface area contributed by atoms with Crippen LogP contribution in [0.15, 0.2) is 24.3 Å². The van der Waals surface area contributed by atoms with Gasteiger partial charge in [0.2, 0.25) is 5.91 Å². The number of anilines is 1. The van der Waals surface area contributed by atoms with E-state index in [-0.39, 0.29) is 24.2 Å². The van der Waals surface area contributed by atoms with Crippen molar-refractivity contribution in [1.29, 1.82) is 0 Å². The van der Waals surface area contributed by atoms with E-state index < -0.39 is 0 Å². The monoisotopic (exact) mass is 298 g/mol. The van der Waals surface area contributed by atoms with Gasteiger partial charge >= 0.3 is 0 Å². The van der Waals surface area contributed by atoms with Crippen molar-refractivity contribution in [2.75, 3.05) is 25.5 Å². The molecule has 0 heterocycles. The summed E-state index contributed by atoms with van der Waals surface area (Å²) in [7, 11) is 1.84. The lowest BCUT2D eigenvalue weighted by Crippen LogP contribution is -2.28. The number of nitrogens with one attached hydrogen (secondary N) is 2. The molecule has 2 rings (SSSR count). The van der Waals surface area contributed by atoms with Gasteiger partial charge < -0.3 is 15.4 Å². The first kappa shape index (κ1) is 16.8. The molecule has 0 saturated heterocycles. The van der Waals surface area contributed by atoms with Crippen LogP contribution in [0.25, 0.3) is 0 Å². The molecule has 0 bridgehead atoms. The normalized spacial score (nSPS) is 15.1. The minimum atomic E-state index is -0.0456. The van der Waals surface area contributed by atoms with Crippen LogP contribution in [-0.2, 0) is 4.79 Å². The van der Waals surface area contributed by atoms with E-state index in [4.69, 9.17) is 4.74 Å². The van der Waals surface area contributed by atoms with Crippen molar-refractivity contribution in [3.63, 3.8) is 0 Å². The number of carbonyl (C=O) groups excluding carboxylic acids is 1. The van der Waals surface area contributed by atoms with Gasteiger partial charge in [-0.3, -0.25) is 4.79 Å². The first-order chi connectivity index (χ1) is 9.19. The molecule has 1 saturated carbocycles. The van der Waals surface area contributed by atoms with Crippen LogP contribution in [0.5, 0.6) is 5.75 Å². The molecule has 112 valence electrons. The molecule has 1 aliphatic rings. The van der Waals surface area contributed by atoms with E-state index in [1.165, 1.54) is 12.8 Å². The van der Waals surface area contributed by atoms with Crippen LogP contribution in [-0.4, -0.2) is 26.1 Å². The van der Waals surface area contributed by atoms with Gasteiger partial charge in [0.05, 0.1) is 6.61 Å². The zero-order valence-electron chi connectivity index (χ0n) is 12.0. The fraction of sp³-hybridized carbons (Fsp3) is 0.533. The third kappa shape index (κ3) is 5.39. The van der Waals surface area contributed by atoms with Crippen molar-refractivity contribution in [3.05, 3.63) is 24.3 Å². The van der Waals surface area contributed by atoms with Gasteiger partial charge in [0.1, 0.15) is 5.75 Å². The molecule has 1 fully saturated rings. The maximum Gasteiger partial charge on any atom is 0.228 e. The topological polar surface area (TPSA) is 50.4 Å². The molecule has 4 nitrogen and oxygen atoms in total. The van der Waals surface area contributed by atoms with E-state index in [2.05, 4.69) is 10.6 Å². The third-order valence-corrected chi connectivity index (χ3v) is 3.26. The number of ether oxygens (including phenoxy) is 1. The highest BCUT2D eigenvalue weighted by molar-refractivity contribution is 5.92. The summed E-state index contributed by atoms with van der Waals surface area (Å²) in [6.45, 7) is 3.39. The van der Waals surface area contributed by atoms with E-state index >= 15 is 0 Å². The summed E-state index contributed by atoms with van der Waals surface area (Å²) in [6.07, 6.45) is 2.58. The summed E-state index contributed by atoms with van der Waals surface area (Å²) in [5.74, 6) is 1.60. The Balaban J connectivity index is 0.00000200. The standard InChI is InChI=1S/C15H22N2O2.ClH/c1-11(9-16-2)15(18)17-13-5-7-14(8-6-13)19-10-12-3-4-12;/h5-8,11-12,16H,3-4,9-10H2,1-2H3,(H,17,18);1H. The molecule has 5 heteroatoms. The van der Waals surface area contributed by atoms with Crippen molar-refractivity contribution in [2.24, 2.45) is 11.8 Å². The lowest BCUT2D eigenvalue weighted by Gasteiger charge is -2.12. The van der Waals surface area contributed by atoms with Crippen molar-refractivity contribution < 1.29 is 9.53 Å². The second kappa shape index (κ2) is 8.12. The van der Waals surface area contributed by atoms with Crippen molar-refractivity contribution in [1.82, 2.24) is 5.32 Å². The van der Waals surface area contributed by atoms with Crippen LogP contribution >= 0.6 is 12.4 Å². The lowest BCUT2D eigenvalue weighted by molar-refractivity contribution is -0.119. The second-order valence-electron chi connectivity index (χ2n) is 5.23. The molecular formula is C15H23ClN2O2. The molecule has 0 radical (unpaired) electrons. The summed E-state index contributed by atoms with van der Waals surface area (Å²) in [6, 6.07) is 7.57. The highest BCUT2D eigenvalue weighted by Crippen LogP contribution is 2.29. The highest BCUT2D eigenvalue weighted by Gasteiger charge is 2.21. The first-order valence-corrected chi connectivity index (χ1v) is 6.87. The van der Waals surface area contributed by atoms with E-state index in [9.17, 15) is 4.79 Å². The van der Waals surface area contributed by atoms with Crippen molar-refractivity contribution >= 4 is 24.0 Å². The largest absolute Gasteiger partial charge is 0.493 e. The van der Waals surface area contributed by atoms with E-state index in [0.717, 1.165) is 24.0 Å². The fourth-order valence-corrected chi connectivity index (χ4v) is 1.80. The Bertz CT molecular complexity index is 418. The summed E-state index contributed by atoms with van der Waals surface area (Å²) >= 11 is 0. The number of benzene rings is 1. The van der Waals surface area contributed by atoms with Crippen LogP contribution in [0, 0.1) is 11.8 Å². The molecule has 1 atom stereocenters. The average Bonchev–Trinajstić information content (AvgIpc) is 3.22. The number of rotatable bonds is 7. The number of hydrogen-bond acceptors (Lipinski definition) is 3. The Morgan fingerprint density at radius 1 is 1.35 bits per heavy atom. The number of halogens is 1. The van der Waals surface area contributed by atoms with Crippen LogP contribution in [0.1, 0.15) is 19.8 Å². The number of hydrogen-bond donors (Lipinski definition) is 2. The van der Waals surface area contributed by atoms with Gasteiger partial charge in [0.15, 0.2) is 0 Å². The average molecular weight is 299 g/mol. The quantitative estimate of drug-likeness (QED) is 0.814. The van der Waals surface area contributed by atoms with Crippen LogP contribution in [0.2, 0.25) is 0 Å². The van der Waals surface area contributed by atoms with Gasteiger partial charge in [-0.1, -0.05) is 6.92 Å². The van der Waals surface area contributed by atoms with Gasteiger partial charge in [-0.2, -0.15) is 0 Å². The van der Waals surface area contributed by atoms with Gasteiger partial charge in [0.25, 0.3) is 0 Å². The van der Waals surface area contributed by atoms with Gasteiger partial charge in [0, 0.05) is 18.2 Å². The zero-order valence-corrected chi connectivity index (χ0v) is 12.8. The molecule has 1 unspecified atom stereocenters. The molecule has 1 aromatic rings. The lowest BCUT2D eigenvalue weighted by atomic mass is 10.1. The molecule has 0 aliphatic heterocycles. The smallest absolute Gasteiger partial charge is 0.228 e. The van der Waals surface area contributed by atoms with E-state index in [1.54, 1.807) is 0 Å². The van der Waals surface area contributed by atoms with Crippen LogP contribution in [0.3, 0.4) is 0 Å². The summed E-state index contributed by atoms with van der Waals surface area (Å²) in [5.41, 5.74) is 0.812. The molecule has 0 spiro atoms.